The molecule has 19 heavy (non-hydrogen) atoms. The SMILES string of the molecule is CCC(CC(=O)N(CCC(=O)O)CC(C)C)C(C)C. The van der Waals surface area contributed by atoms with Gasteiger partial charge in [0.15, 0.2) is 0 Å². The molecule has 0 heterocycles. The fourth-order valence-electron chi connectivity index (χ4n) is 2.19. The summed E-state index contributed by atoms with van der Waals surface area (Å²) in [6.07, 6.45) is 1.54. The first-order valence-electron chi connectivity index (χ1n) is 7.27. The number of nitrogens with zero attached hydrogens (tertiary/aromatic N) is 1. The van der Waals surface area contributed by atoms with Gasteiger partial charge in [0.2, 0.25) is 5.91 Å². The van der Waals surface area contributed by atoms with E-state index in [2.05, 4.69) is 20.8 Å². The van der Waals surface area contributed by atoms with E-state index in [-0.39, 0.29) is 12.3 Å². The Morgan fingerprint density at radius 2 is 1.74 bits per heavy atom. The third kappa shape index (κ3) is 7.85. The minimum atomic E-state index is -0.850. The summed E-state index contributed by atoms with van der Waals surface area (Å²) in [4.78, 5) is 24.7. The molecule has 0 aromatic rings. The number of carbonyl (C=O) groups excluding carboxylic acids is 1. The van der Waals surface area contributed by atoms with Gasteiger partial charge in [0.25, 0.3) is 0 Å². The van der Waals surface area contributed by atoms with E-state index in [1.807, 2.05) is 13.8 Å². The Morgan fingerprint density at radius 3 is 2.11 bits per heavy atom. The van der Waals surface area contributed by atoms with Crippen molar-refractivity contribution in [1.82, 2.24) is 4.90 Å². The van der Waals surface area contributed by atoms with E-state index >= 15 is 0 Å². The number of amides is 1. The zero-order valence-electron chi connectivity index (χ0n) is 13.0. The highest BCUT2D eigenvalue weighted by Crippen LogP contribution is 2.20. The lowest BCUT2D eigenvalue weighted by atomic mass is 9.89. The number of carboxylic acid groups (broad SMARTS) is 1. The summed E-state index contributed by atoms with van der Waals surface area (Å²) in [6, 6.07) is 0. The summed E-state index contributed by atoms with van der Waals surface area (Å²) >= 11 is 0. The van der Waals surface area contributed by atoms with Crippen LogP contribution in [-0.2, 0) is 9.59 Å². The van der Waals surface area contributed by atoms with Crippen molar-refractivity contribution in [3.05, 3.63) is 0 Å². The molecular weight excluding hydrogens is 242 g/mol. The number of carbonyl (C=O) groups is 2. The lowest BCUT2D eigenvalue weighted by Gasteiger charge is -2.27. The Hall–Kier alpha value is -1.06. The Balaban J connectivity index is 4.55. The van der Waals surface area contributed by atoms with E-state index < -0.39 is 5.97 Å². The normalized spacial score (nSPS) is 12.8. The molecule has 1 atom stereocenters. The van der Waals surface area contributed by atoms with Crippen LogP contribution >= 0.6 is 0 Å². The summed E-state index contributed by atoms with van der Waals surface area (Å²) in [5, 5.41) is 8.76. The van der Waals surface area contributed by atoms with Crippen LogP contribution in [0, 0.1) is 17.8 Å². The van der Waals surface area contributed by atoms with Gasteiger partial charge in [0.05, 0.1) is 6.42 Å². The van der Waals surface area contributed by atoms with E-state index in [0.717, 1.165) is 6.42 Å². The van der Waals surface area contributed by atoms with Gasteiger partial charge < -0.3 is 10.0 Å². The van der Waals surface area contributed by atoms with Crippen LogP contribution < -0.4 is 0 Å². The average Bonchev–Trinajstić information content (AvgIpc) is 2.29. The molecule has 0 saturated heterocycles. The molecule has 0 saturated carbocycles. The first kappa shape index (κ1) is 17.9. The van der Waals surface area contributed by atoms with Gasteiger partial charge in [0, 0.05) is 19.5 Å². The van der Waals surface area contributed by atoms with Crippen molar-refractivity contribution in [2.75, 3.05) is 13.1 Å². The van der Waals surface area contributed by atoms with E-state index in [9.17, 15) is 9.59 Å². The van der Waals surface area contributed by atoms with Crippen molar-refractivity contribution in [2.24, 2.45) is 17.8 Å². The molecule has 0 aliphatic rings. The second-order valence-electron chi connectivity index (χ2n) is 5.99. The summed E-state index contributed by atoms with van der Waals surface area (Å²) in [5.74, 6) is 0.464. The smallest absolute Gasteiger partial charge is 0.305 e. The number of carboxylic acids is 1. The van der Waals surface area contributed by atoms with Gasteiger partial charge >= 0.3 is 5.97 Å². The van der Waals surface area contributed by atoms with Crippen molar-refractivity contribution < 1.29 is 14.7 Å². The molecule has 0 rings (SSSR count). The van der Waals surface area contributed by atoms with Crippen LogP contribution in [0.2, 0.25) is 0 Å². The van der Waals surface area contributed by atoms with Crippen LogP contribution in [0.25, 0.3) is 0 Å². The molecule has 1 unspecified atom stereocenters. The molecule has 0 aromatic carbocycles. The molecule has 4 heteroatoms. The van der Waals surface area contributed by atoms with Gasteiger partial charge in [-0.05, 0) is 17.8 Å². The first-order chi connectivity index (χ1) is 8.77. The largest absolute Gasteiger partial charge is 0.481 e. The number of rotatable bonds is 9. The third-order valence-corrected chi connectivity index (χ3v) is 3.44. The van der Waals surface area contributed by atoms with E-state index in [4.69, 9.17) is 5.11 Å². The minimum Gasteiger partial charge on any atom is -0.481 e. The summed E-state index contributed by atoms with van der Waals surface area (Å²) in [5.41, 5.74) is 0. The van der Waals surface area contributed by atoms with Crippen LogP contribution in [-0.4, -0.2) is 35.0 Å². The lowest BCUT2D eigenvalue weighted by Crippen LogP contribution is -2.37. The monoisotopic (exact) mass is 271 g/mol. The van der Waals surface area contributed by atoms with Gasteiger partial charge in [-0.3, -0.25) is 9.59 Å². The molecule has 0 bridgehead atoms. The van der Waals surface area contributed by atoms with Gasteiger partial charge in [-0.25, -0.2) is 0 Å². The molecule has 0 fully saturated rings. The predicted octanol–water partition coefficient (Wildman–Crippen LogP) is 3.02. The second-order valence-corrected chi connectivity index (χ2v) is 5.99. The molecule has 1 amide bonds. The predicted molar refractivity (Wildman–Crippen MR) is 76.9 cm³/mol. The van der Waals surface area contributed by atoms with Crippen LogP contribution in [0.3, 0.4) is 0 Å². The van der Waals surface area contributed by atoms with E-state index in [0.29, 0.717) is 37.3 Å². The van der Waals surface area contributed by atoms with Crippen molar-refractivity contribution in [3.63, 3.8) is 0 Å². The maximum Gasteiger partial charge on any atom is 0.305 e. The van der Waals surface area contributed by atoms with Crippen molar-refractivity contribution in [1.29, 1.82) is 0 Å². The second kappa shape index (κ2) is 8.94. The molecule has 0 aliphatic carbocycles. The van der Waals surface area contributed by atoms with Crippen LogP contribution in [0.15, 0.2) is 0 Å². The average molecular weight is 271 g/mol. The third-order valence-electron chi connectivity index (χ3n) is 3.44. The van der Waals surface area contributed by atoms with Crippen LogP contribution in [0.1, 0.15) is 53.9 Å². The Labute approximate surface area is 117 Å². The first-order valence-corrected chi connectivity index (χ1v) is 7.27. The maximum absolute atomic E-state index is 12.3. The number of hydrogen-bond acceptors (Lipinski definition) is 2. The number of hydrogen-bond donors (Lipinski definition) is 1. The summed E-state index contributed by atoms with van der Waals surface area (Å²) < 4.78 is 0. The van der Waals surface area contributed by atoms with Gasteiger partial charge in [-0.15, -0.1) is 0 Å². The molecule has 0 aromatic heterocycles. The molecule has 0 spiro atoms. The molecule has 4 nitrogen and oxygen atoms in total. The van der Waals surface area contributed by atoms with Crippen LogP contribution in [0.5, 0.6) is 0 Å². The van der Waals surface area contributed by atoms with Crippen molar-refractivity contribution in [2.45, 2.75) is 53.9 Å². The highest BCUT2D eigenvalue weighted by Gasteiger charge is 2.21. The highest BCUT2D eigenvalue weighted by atomic mass is 16.4. The molecular formula is C15H29NO3. The number of aliphatic carboxylic acids is 1. The lowest BCUT2D eigenvalue weighted by molar-refractivity contribution is -0.139. The molecule has 1 N–H and O–H groups in total. The maximum atomic E-state index is 12.3. The van der Waals surface area contributed by atoms with Crippen molar-refractivity contribution >= 4 is 11.9 Å². The zero-order chi connectivity index (χ0) is 15.0. The fourth-order valence-corrected chi connectivity index (χ4v) is 2.19. The summed E-state index contributed by atoms with van der Waals surface area (Å²) in [6.45, 7) is 11.4. The highest BCUT2D eigenvalue weighted by molar-refractivity contribution is 5.77. The molecule has 0 radical (unpaired) electrons. The van der Waals surface area contributed by atoms with Gasteiger partial charge in [-0.1, -0.05) is 41.0 Å². The Kier molecular flexibility index (Phi) is 8.44. The minimum absolute atomic E-state index is 0.0247. The zero-order valence-corrected chi connectivity index (χ0v) is 13.0. The van der Waals surface area contributed by atoms with E-state index in [1.165, 1.54) is 0 Å². The van der Waals surface area contributed by atoms with Crippen molar-refractivity contribution in [3.8, 4) is 0 Å². The van der Waals surface area contributed by atoms with Crippen LogP contribution in [0.4, 0.5) is 0 Å². The Morgan fingerprint density at radius 1 is 1.16 bits per heavy atom. The van der Waals surface area contributed by atoms with Gasteiger partial charge in [-0.2, -0.15) is 0 Å². The fraction of sp³-hybridized carbons (Fsp3) is 0.867. The Bertz CT molecular complexity index is 287. The topological polar surface area (TPSA) is 57.6 Å². The molecule has 0 aliphatic heterocycles. The van der Waals surface area contributed by atoms with E-state index in [1.54, 1.807) is 4.90 Å². The van der Waals surface area contributed by atoms with Gasteiger partial charge in [0.1, 0.15) is 0 Å². The standard InChI is InChI=1S/C15H29NO3/c1-6-13(12(4)5)9-14(17)16(10-11(2)3)8-7-15(18)19/h11-13H,6-10H2,1-5H3,(H,18,19). The molecule has 112 valence electrons. The quantitative estimate of drug-likeness (QED) is 0.701. The summed E-state index contributed by atoms with van der Waals surface area (Å²) in [7, 11) is 0.